The van der Waals surface area contributed by atoms with Crippen molar-refractivity contribution < 1.29 is 14.7 Å². The van der Waals surface area contributed by atoms with Gasteiger partial charge in [-0.05, 0) is 44.0 Å². The van der Waals surface area contributed by atoms with E-state index in [0.717, 1.165) is 11.4 Å². The third-order valence-electron chi connectivity index (χ3n) is 5.42. The van der Waals surface area contributed by atoms with Crippen molar-refractivity contribution in [2.75, 3.05) is 23.7 Å². The van der Waals surface area contributed by atoms with Crippen LogP contribution in [0.25, 0.3) is 0 Å². The standard InChI is InChI=1S/C20H21N3O3/c1-13-14(5-4-8-17(13)24)18(25)23-11-9-20(10-12-23)19(26)21-15-6-2-3-7-16(15)22-20/h2-8,22,24H,9-12H2,1H3,(H,21,26). The molecule has 3 N–H and O–H groups in total. The fourth-order valence-corrected chi connectivity index (χ4v) is 3.73. The lowest BCUT2D eigenvalue weighted by molar-refractivity contribution is -0.122. The Labute approximate surface area is 151 Å². The summed E-state index contributed by atoms with van der Waals surface area (Å²) in [6, 6.07) is 12.6. The number of rotatable bonds is 1. The number of amides is 2. The molecule has 0 unspecified atom stereocenters. The van der Waals surface area contributed by atoms with Gasteiger partial charge in [0.2, 0.25) is 5.91 Å². The van der Waals surface area contributed by atoms with Crippen molar-refractivity contribution in [2.24, 2.45) is 0 Å². The predicted octanol–water partition coefficient (Wildman–Crippen LogP) is 2.74. The summed E-state index contributed by atoms with van der Waals surface area (Å²) in [5.74, 6) is -0.0315. The van der Waals surface area contributed by atoms with Crippen molar-refractivity contribution in [1.29, 1.82) is 0 Å². The van der Waals surface area contributed by atoms with Crippen LogP contribution >= 0.6 is 0 Å². The largest absolute Gasteiger partial charge is 0.508 e. The number of phenolic OH excluding ortho intramolecular Hbond substituents is 1. The first kappa shape index (κ1) is 16.4. The van der Waals surface area contributed by atoms with Gasteiger partial charge in [-0.2, -0.15) is 0 Å². The number of nitrogens with zero attached hydrogens (tertiary/aromatic N) is 1. The Morgan fingerprint density at radius 3 is 2.50 bits per heavy atom. The number of carbonyl (C=O) groups is 2. The molecule has 2 aromatic rings. The minimum atomic E-state index is -0.682. The molecule has 0 saturated carbocycles. The number of fused-ring (bicyclic) bond motifs is 1. The molecule has 2 heterocycles. The van der Waals surface area contributed by atoms with E-state index < -0.39 is 5.54 Å². The number of hydrogen-bond donors (Lipinski definition) is 3. The number of phenols is 1. The number of carbonyl (C=O) groups excluding carboxylic acids is 2. The molecule has 0 aliphatic carbocycles. The third kappa shape index (κ3) is 2.58. The van der Waals surface area contributed by atoms with Gasteiger partial charge < -0.3 is 20.6 Å². The molecule has 0 atom stereocenters. The zero-order valence-corrected chi connectivity index (χ0v) is 14.6. The van der Waals surface area contributed by atoms with Gasteiger partial charge in [0.05, 0.1) is 11.4 Å². The number of benzene rings is 2. The minimum Gasteiger partial charge on any atom is -0.508 e. The molecule has 134 valence electrons. The Morgan fingerprint density at radius 1 is 1.08 bits per heavy atom. The summed E-state index contributed by atoms with van der Waals surface area (Å²) in [6.45, 7) is 2.70. The second kappa shape index (κ2) is 6.05. The van der Waals surface area contributed by atoms with Crippen molar-refractivity contribution in [2.45, 2.75) is 25.3 Å². The maximum atomic E-state index is 12.8. The van der Waals surface area contributed by atoms with Gasteiger partial charge in [-0.25, -0.2) is 0 Å². The average molecular weight is 351 g/mol. The molecular formula is C20H21N3O3. The minimum absolute atomic E-state index is 0.0446. The van der Waals surface area contributed by atoms with Crippen molar-refractivity contribution in [1.82, 2.24) is 4.90 Å². The van der Waals surface area contributed by atoms with Crippen molar-refractivity contribution in [3.05, 3.63) is 53.6 Å². The van der Waals surface area contributed by atoms with Crippen LogP contribution in [0.2, 0.25) is 0 Å². The van der Waals surface area contributed by atoms with E-state index in [1.54, 1.807) is 30.0 Å². The van der Waals surface area contributed by atoms with Crippen LogP contribution in [-0.4, -0.2) is 40.4 Å². The van der Waals surface area contributed by atoms with Crippen LogP contribution in [0.1, 0.15) is 28.8 Å². The monoisotopic (exact) mass is 351 g/mol. The van der Waals surface area contributed by atoms with Gasteiger partial charge in [-0.3, -0.25) is 9.59 Å². The van der Waals surface area contributed by atoms with E-state index >= 15 is 0 Å². The van der Waals surface area contributed by atoms with E-state index in [4.69, 9.17) is 0 Å². The Hall–Kier alpha value is -3.02. The molecule has 26 heavy (non-hydrogen) atoms. The van der Waals surface area contributed by atoms with Crippen LogP contribution in [0.5, 0.6) is 5.75 Å². The molecule has 4 rings (SSSR count). The summed E-state index contributed by atoms with van der Waals surface area (Å²) in [5, 5.41) is 16.2. The first-order chi connectivity index (χ1) is 12.5. The molecule has 1 saturated heterocycles. The average Bonchev–Trinajstić information content (AvgIpc) is 2.65. The fraction of sp³-hybridized carbons (Fsp3) is 0.300. The molecule has 1 fully saturated rings. The topological polar surface area (TPSA) is 81.7 Å². The maximum Gasteiger partial charge on any atom is 0.254 e. The van der Waals surface area contributed by atoms with Gasteiger partial charge in [0.1, 0.15) is 11.3 Å². The normalized spacial score (nSPS) is 18.0. The van der Waals surface area contributed by atoms with Crippen molar-refractivity contribution in [3.8, 4) is 5.75 Å². The second-order valence-corrected chi connectivity index (χ2v) is 6.95. The van der Waals surface area contributed by atoms with Crippen molar-refractivity contribution in [3.63, 3.8) is 0 Å². The number of para-hydroxylation sites is 2. The lowest BCUT2D eigenvalue weighted by atomic mass is 9.84. The third-order valence-corrected chi connectivity index (χ3v) is 5.42. The van der Waals surface area contributed by atoms with Crippen LogP contribution in [0.15, 0.2) is 42.5 Å². The summed E-state index contributed by atoms with van der Waals surface area (Å²) >= 11 is 0. The molecule has 2 aliphatic rings. The quantitative estimate of drug-likeness (QED) is 0.738. The fourth-order valence-electron chi connectivity index (χ4n) is 3.73. The van der Waals surface area contributed by atoms with Crippen LogP contribution in [0, 0.1) is 6.92 Å². The van der Waals surface area contributed by atoms with Crippen LogP contribution in [-0.2, 0) is 4.79 Å². The molecule has 0 bridgehead atoms. The Morgan fingerprint density at radius 2 is 1.77 bits per heavy atom. The Balaban J connectivity index is 1.52. The van der Waals surface area contributed by atoms with Gasteiger partial charge in [-0.1, -0.05) is 18.2 Å². The van der Waals surface area contributed by atoms with Gasteiger partial charge in [-0.15, -0.1) is 0 Å². The van der Waals surface area contributed by atoms with E-state index in [0.29, 0.717) is 37.1 Å². The van der Waals surface area contributed by atoms with Crippen LogP contribution in [0.4, 0.5) is 11.4 Å². The highest BCUT2D eigenvalue weighted by atomic mass is 16.3. The number of aromatic hydroxyl groups is 1. The van der Waals surface area contributed by atoms with Gasteiger partial charge in [0.15, 0.2) is 0 Å². The predicted molar refractivity (Wildman–Crippen MR) is 99.4 cm³/mol. The number of hydrogen-bond acceptors (Lipinski definition) is 4. The molecular weight excluding hydrogens is 330 g/mol. The number of nitrogens with one attached hydrogen (secondary N) is 2. The highest BCUT2D eigenvalue weighted by Crippen LogP contribution is 2.36. The number of anilines is 2. The molecule has 2 amide bonds. The number of piperidine rings is 1. The SMILES string of the molecule is Cc1c(O)cccc1C(=O)N1CCC2(CC1)Nc1ccccc1NC2=O. The van der Waals surface area contributed by atoms with E-state index in [9.17, 15) is 14.7 Å². The van der Waals surface area contributed by atoms with E-state index in [2.05, 4.69) is 10.6 Å². The molecule has 2 aromatic carbocycles. The summed E-state index contributed by atoms with van der Waals surface area (Å²) < 4.78 is 0. The summed E-state index contributed by atoms with van der Waals surface area (Å²) in [4.78, 5) is 27.2. The summed E-state index contributed by atoms with van der Waals surface area (Å²) in [5.41, 5.74) is 2.11. The maximum absolute atomic E-state index is 12.8. The smallest absolute Gasteiger partial charge is 0.254 e. The molecule has 0 aromatic heterocycles. The number of likely N-dealkylation sites (tertiary alicyclic amines) is 1. The molecule has 2 aliphatic heterocycles. The van der Waals surface area contributed by atoms with Gasteiger partial charge in [0, 0.05) is 24.2 Å². The zero-order chi connectivity index (χ0) is 18.3. The van der Waals surface area contributed by atoms with E-state index in [-0.39, 0.29) is 17.6 Å². The summed E-state index contributed by atoms with van der Waals surface area (Å²) in [6.07, 6.45) is 1.08. The highest BCUT2D eigenvalue weighted by molar-refractivity contribution is 6.06. The van der Waals surface area contributed by atoms with Gasteiger partial charge in [0.25, 0.3) is 5.91 Å². The van der Waals surface area contributed by atoms with Crippen LogP contribution in [0.3, 0.4) is 0 Å². The van der Waals surface area contributed by atoms with E-state index in [1.807, 2.05) is 24.3 Å². The molecule has 6 nitrogen and oxygen atoms in total. The van der Waals surface area contributed by atoms with E-state index in [1.165, 1.54) is 0 Å². The van der Waals surface area contributed by atoms with Gasteiger partial charge >= 0.3 is 0 Å². The van der Waals surface area contributed by atoms with Crippen LogP contribution < -0.4 is 10.6 Å². The molecule has 6 heteroatoms. The Kier molecular flexibility index (Phi) is 3.83. The first-order valence-electron chi connectivity index (χ1n) is 8.77. The zero-order valence-electron chi connectivity index (χ0n) is 14.6. The second-order valence-electron chi connectivity index (χ2n) is 6.95. The first-order valence-corrected chi connectivity index (χ1v) is 8.77. The molecule has 0 radical (unpaired) electrons. The summed E-state index contributed by atoms with van der Waals surface area (Å²) in [7, 11) is 0. The lowest BCUT2D eigenvalue weighted by Crippen LogP contribution is -2.59. The lowest BCUT2D eigenvalue weighted by Gasteiger charge is -2.44. The van der Waals surface area contributed by atoms with Crippen molar-refractivity contribution >= 4 is 23.2 Å². The molecule has 1 spiro atoms. The highest BCUT2D eigenvalue weighted by Gasteiger charge is 2.45. The Bertz CT molecular complexity index is 886.